The largest absolute Gasteiger partial charge is 0.456 e. The molecule has 0 saturated heterocycles. The Morgan fingerprint density at radius 3 is 2.17 bits per heavy atom. The second kappa shape index (κ2) is 26.8. The number of rotatable bonds is 11. The molecule has 1 aliphatic heterocycles. The summed E-state index contributed by atoms with van der Waals surface area (Å²) in [5.74, 6) is -5.02. The molecule has 0 unspecified atom stereocenters. The molecule has 2 rings (SSSR count). The lowest BCUT2D eigenvalue weighted by Gasteiger charge is -2.34. The second-order valence-electron chi connectivity index (χ2n) is 17.4. The lowest BCUT2D eigenvalue weighted by Crippen LogP contribution is -2.58. The number of allylic oxidation sites excluding steroid dienone is 2. The normalized spacial score (nSPS) is 26.6. The number of hydrogen-bond donors (Lipinski definition) is 4. The zero-order chi connectivity index (χ0) is 47.6. The molecule has 0 fully saturated rings. The second-order valence-corrected chi connectivity index (χ2v) is 17.8. The molecule has 1 heterocycles. The Labute approximate surface area is 379 Å². The fourth-order valence-corrected chi connectivity index (χ4v) is 7.31. The first-order chi connectivity index (χ1) is 29.6. The van der Waals surface area contributed by atoms with E-state index in [1.54, 1.807) is 44.2 Å². The minimum absolute atomic E-state index is 0.0337. The molecule has 15 nitrogen and oxygen atoms in total. The first kappa shape index (κ1) is 54.4. The van der Waals surface area contributed by atoms with E-state index in [2.05, 4.69) is 16.0 Å². The molecule has 0 aliphatic carbocycles. The predicted molar refractivity (Wildman–Crippen MR) is 244 cm³/mol. The molecule has 63 heavy (non-hydrogen) atoms. The van der Waals surface area contributed by atoms with Crippen LogP contribution in [0.1, 0.15) is 113 Å². The van der Waals surface area contributed by atoms with E-state index in [9.17, 15) is 33.6 Å². The van der Waals surface area contributed by atoms with Gasteiger partial charge in [0.1, 0.15) is 30.3 Å². The summed E-state index contributed by atoms with van der Waals surface area (Å²) in [6.07, 6.45) is 4.58. The Kier molecular flexibility index (Phi) is 23.1. The quantitative estimate of drug-likeness (QED) is 0.132. The van der Waals surface area contributed by atoms with Crippen LogP contribution in [0.3, 0.4) is 0 Å². The molecule has 1 aromatic carbocycles. The molecular formula is C47H73ClN6O9. The third-order valence-electron chi connectivity index (χ3n) is 11.6. The van der Waals surface area contributed by atoms with Gasteiger partial charge >= 0.3 is 11.9 Å². The van der Waals surface area contributed by atoms with E-state index in [0.717, 1.165) is 5.57 Å². The molecule has 5 amide bonds. The van der Waals surface area contributed by atoms with Gasteiger partial charge in [0.2, 0.25) is 23.6 Å². The first-order valence-electron chi connectivity index (χ1n) is 22.2. The van der Waals surface area contributed by atoms with Gasteiger partial charge in [-0.2, -0.15) is 0 Å². The number of unbranched alkanes of at least 4 members (excludes halogenated alkanes) is 1. The molecular weight excluding hydrogens is 828 g/mol. The zero-order valence-electron chi connectivity index (χ0n) is 39.3. The van der Waals surface area contributed by atoms with Gasteiger partial charge in [0.25, 0.3) is 5.91 Å². The van der Waals surface area contributed by atoms with Gasteiger partial charge < -0.3 is 41.0 Å². The van der Waals surface area contributed by atoms with Gasteiger partial charge in [0, 0.05) is 31.1 Å². The van der Waals surface area contributed by atoms with Crippen molar-refractivity contribution in [2.75, 3.05) is 27.2 Å². The number of nitrogens with zero attached hydrogens (tertiary/aromatic N) is 2. The van der Waals surface area contributed by atoms with Gasteiger partial charge in [-0.15, -0.1) is 0 Å². The number of carbonyl (C=O) groups excluding carboxylic acids is 7. The van der Waals surface area contributed by atoms with E-state index in [0.29, 0.717) is 49.2 Å². The minimum atomic E-state index is -1.23. The third-order valence-corrected chi connectivity index (χ3v) is 11.8. The van der Waals surface area contributed by atoms with Gasteiger partial charge in [-0.25, -0.2) is 9.59 Å². The fourth-order valence-electron chi connectivity index (χ4n) is 7.18. The Balaban J connectivity index is 2.70. The molecule has 8 atom stereocenters. The monoisotopic (exact) mass is 901 g/mol. The maximum Gasteiger partial charge on any atom is 0.334 e. The maximum atomic E-state index is 14.5. The molecule has 0 radical (unpaired) electrons. The lowest BCUT2D eigenvalue weighted by molar-refractivity contribution is -0.154. The van der Waals surface area contributed by atoms with Crippen molar-refractivity contribution in [3.05, 3.63) is 58.1 Å². The number of nitrogens with one attached hydrogen (secondary N) is 3. The van der Waals surface area contributed by atoms with Gasteiger partial charge in [-0.3, -0.25) is 24.0 Å². The van der Waals surface area contributed by atoms with Crippen molar-refractivity contribution in [1.82, 2.24) is 25.8 Å². The molecule has 0 saturated carbocycles. The average Bonchev–Trinajstić information content (AvgIpc) is 3.24. The summed E-state index contributed by atoms with van der Waals surface area (Å²) < 4.78 is 11.8. The number of hydrogen-bond acceptors (Lipinski definition) is 10. The molecule has 1 aromatic rings. The van der Waals surface area contributed by atoms with Gasteiger partial charge in [0.05, 0.1) is 6.54 Å². The van der Waals surface area contributed by atoms with E-state index < -0.39 is 84.4 Å². The average molecular weight is 902 g/mol. The maximum absolute atomic E-state index is 14.5. The number of likely N-dealkylation sites (N-methyl/N-ethyl adjacent to an activating group) is 2. The molecule has 5 N–H and O–H groups in total. The highest BCUT2D eigenvalue weighted by Crippen LogP contribution is 2.23. The number of carbonyl (C=O) groups is 7. The van der Waals surface area contributed by atoms with E-state index in [1.165, 1.54) is 30.8 Å². The predicted octanol–water partition coefficient (Wildman–Crippen LogP) is 5.03. The topological polar surface area (TPSA) is 207 Å². The smallest absolute Gasteiger partial charge is 0.334 e. The summed E-state index contributed by atoms with van der Waals surface area (Å²) in [7, 11) is 2.89. The Morgan fingerprint density at radius 2 is 1.59 bits per heavy atom. The van der Waals surface area contributed by atoms with E-state index in [1.807, 2.05) is 47.6 Å². The summed E-state index contributed by atoms with van der Waals surface area (Å²) in [6.45, 7) is 16.0. The number of cyclic esters (lactones) is 2. The Bertz CT molecular complexity index is 1780. The Morgan fingerprint density at radius 1 is 0.937 bits per heavy atom. The summed E-state index contributed by atoms with van der Waals surface area (Å²) in [4.78, 5) is 99.8. The third kappa shape index (κ3) is 17.4. The van der Waals surface area contributed by atoms with Gasteiger partial charge in [0.15, 0.2) is 6.10 Å². The van der Waals surface area contributed by atoms with Crippen LogP contribution < -0.4 is 21.7 Å². The van der Waals surface area contributed by atoms with Crippen molar-refractivity contribution in [2.45, 2.75) is 150 Å². The number of halogens is 1. The summed E-state index contributed by atoms with van der Waals surface area (Å²) in [5.41, 5.74) is 7.56. The number of nitrogens with two attached hydrogens (primary N) is 1. The van der Waals surface area contributed by atoms with E-state index in [4.69, 9.17) is 26.8 Å². The highest BCUT2D eigenvalue weighted by Gasteiger charge is 2.37. The van der Waals surface area contributed by atoms with Crippen LogP contribution >= 0.6 is 11.6 Å². The molecule has 352 valence electrons. The van der Waals surface area contributed by atoms with E-state index >= 15 is 0 Å². The molecule has 0 spiro atoms. The Hall–Kier alpha value is -4.76. The number of benzene rings is 1. The van der Waals surface area contributed by atoms with Crippen molar-refractivity contribution >= 4 is 53.1 Å². The van der Waals surface area contributed by atoms with Crippen molar-refractivity contribution < 1.29 is 43.0 Å². The lowest BCUT2D eigenvalue weighted by atomic mass is 9.93. The highest BCUT2D eigenvalue weighted by molar-refractivity contribution is 6.30. The van der Waals surface area contributed by atoms with Crippen LogP contribution in [0.25, 0.3) is 0 Å². The van der Waals surface area contributed by atoms with Crippen molar-refractivity contribution in [2.24, 2.45) is 23.5 Å². The number of ether oxygens (including phenoxy) is 2. The van der Waals surface area contributed by atoms with Crippen LogP contribution in [0.2, 0.25) is 5.02 Å². The first-order valence-corrected chi connectivity index (χ1v) is 22.6. The summed E-state index contributed by atoms with van der Waals surface area (Å²) in [6, 6.07) is 2.38. The number of esters is 2. The van der Waals surface area contributed by atoms with Crippen molar-refractivity contribution in [3.8, 4) is 0 Å². The molecule has 16 heteroatoms. The summed E-state index contributed by atoms with van der Waals surface area (Å²) in [5, 5.41) is 8.78. The van der Waals surface area contributed by atoms with Crippen molar-refractivity contribution in [1.29, 1.82) is 0 Å². The standard InChI is InChI=1S/C47H73ClN6O9/c1-12-29(5)40-43(57)50-33(9)47(61)63-41(30(6)13-2)31(7)17-16-18-32(8)46(60)62-38(25-28(3)4)42(56)51-36(19-14-15-24-49)44(58)54(11)37(26-34-20-22-35(48)23-21-34)45(59)53(10)27-39(55)52-40/h13,18,20-23,28-29,31,33,36-38,40-41H,12,14-17,19,24-27,49H2,1-11H3,(H,50,57)(H,51,56)(H,52,55)/b30-13+,32-18+/t29-,31+,33-,36+,37-,38-,40+,41-/m1/s1. The van der Waals surface area contributed by atoms with Gasteiger partial charge in [-0.05, 0) is 114 Å². The van der Waals surface area contributed by atoms with E-state index in [-0.39, 0.29) is 42.6 Å². The highest BCUT2D eigenvalue weighted by atomic mass is 35.5. The van der Waals surface area contributed by atoms with Crippen LogP contribution in [0, 0.1) is 17.8 Å². The zero-order valence-corrected chi connectivity index (χ0v) is 40.0. The minimum Gasteiger partial charge on any atom is -0.456 e. The van der Waals surface area contributed by atoms with Gasteiger partial charge in [-0.1, -0.05) is 76.9 Å². The van der Waals surface area contributed by atoms with Crippen LogP contribution in [0.15, 0.2) is 47.6 Å². The molecule has 1 aliphatic rings. The summed E-state index contributed by atoms with van der Waals surface area (Å²) >= 11 is 6.17. The van der Waals surface area contributed by atoms with Crippen LogP contribution in [-0.4, -0.2) is 115 Å². The van der Waals surface area contributed by atoms with Crippen LogP contribution in [-0.2, 0) is 49.5 Å². The van der Waals surface area contributed by atoms with Crippen LogP contribution in [0.4, 0.5) is 0 Å². The van der Waals surface area contributed by atoms with Crippen LogP contribution in [0.5, 0.6) is 0 Å². The molecule has 0 bridgehead atoms. The molecule has 0 aromatic heterocycles. The number of amides is 5. The fraction of sp³-hybridized carbons (Fsp3) is 0.638. The van der Waals surface area contributed by atoms with Crippen molar-refractivity contribution in [3.63, 3.8) is 0 Å². The SMILES string of the molecule is C/C=C(\C)[C@H]1OC(=O)[C@@H](C)NC(=O)[C@H]([C@H](C)CC)NC(=O)CN(C)C(=O)[C@@H](Cc2ccc(Cl)cc2)N(C)C(=O)[C@H](CCCCN)NC(=O)[C@@H](CC(C)C)OC(=O)/C(C)=C/CC[C@@H]1C.